The van der Waals surface area contributed by atoms with Crippen LogP contribution >= 0.6 is 15.9 Å². The summed E-state index contributed by atoms with van der Waals surface area (Å²) < 4.78 is 15.7. The molecule has 0 atom stereocenters. The van der Waals surface area contributed by atoms with Crippen molar-refractivity contribution in [2.24, 2.45) is 5.92 Å². The summed E-state index contributed by atoms with van der Waals surface area (Å²) >= 11 is 3.20. The van der Waals surface area contributed by atoms with E-state index in [0.717, 1.165) is 24.4 Å². The van der Waals surface area contributed by atoms with E-state index in [2.05, 4.69) is 26.2 Å². The SMILES string of the molecule is Fc1cc2nnn(CCC3CCC3)c2cc1Br. The van der Waals surface area contributed by atoms with Crippen molar-refractivity contribution in [3.05, 3.63) is 22.4 Å². The van der Waals surface area contributed by atoms with E-state index < -0.39 is 0 Å². The van der Waals surface area contributed by atoms with Crippen LogP contribution in [0.1, 0.15) is 25.7 Å². The molecule has 0 amide bonds. The van der Waals surface area contributed by atoms with Gasteiger partial charge in [-0.15, -0.1) is 5.10 Å². The topological polar surface area (TPSA) is 30.7 Å². The summed E-state index contributed by atoms with van der Waals surface area (Å²) in [6.45, 7) is 0.874. The molecule has 1 heterocycles. The molecule has 3 nitrogen and oxygen atoms in total. The number of halogens is 2. The molecule has 0 N–H and O–H groups in total. The molecule has 1 fully saturated rings. The Bertz CT molecular complexity index is 548. The number of aromatic nitrogens is 3. The van der Waals surface area contributed by atoms with Gasteiger partial charge in [0.05, 0.1) is 9.99 Å². The highest BCUT2D eigenvalue weighted by atomic mass is 79.9. The molecule has 2 aromatic rings. The molecule has 90 valence electrons. The fourth-order valence-corrected chi connectivity index (χ4v) is 2.55. The summed E-state index contributed by atoms with van der Waals surface area (Å²) in [5, 5.41) is 8.08. The van der Waals surface area contributed by atoms with Crippen molar-refractivity contribution < 1.29 is 4.39 Å². The molecule has 0 unspecified atom stereocenters. The molecule has 1 aromatic carbocycles. The summed E-state index contributed by atoms with van der Waals surface area (Å²) in [7, 11) is 0. The number of hydrogen-bond donors (Lipinski definition) is 0. The maximum atomic E-state index is 13.3. The van der Waals surface area contributed by atoms with Crippen LogP contribution in [0.2, 0.25) is 0 Å². The highest BCUT2D eigenvalue weighted by molar-refractivity contribution is 9.10. The van der Waals surface area contributed by atoms with Crippen molar-refractivity contribution in [1.82, 2.24) is 15.0 Å². The Hall–Kier alpha value is -0.970. The van der Waals surface area contributed by atoms with Crippen molar-refractivity contribution in [3.63, 3.8) is 0 Å². The molecule has 1 saturated carbocycles. The number of hydrogen-bond acceptors (Lipinski definition) is 2. The van der Waals surface area contributed by atoms with Crippen molar-refractivity contribution >= 4 is 27.0 Å². The Balaban J connectivity index is 1.85. The van der Waals surface area contributed by atoms with Gasteiger partial charge in [-0.1, -0.05) is 24.5 Å². The van der Waals surface area contributed by atoms with Gasteiger partial charge < -0.3 is 0 Å². The molecule has 0 saturated heterocycles. The van der Waals surface area contributed by atoms with E-state index in [9.17, 15) is 4.39 Å². The minimum atomic E-state index is -0.288. The van der Waals surface area contributed by atoms with Gasteiger partial charge in [-0.05, 0) is 34.3 Å². The van der Waals surface area contributed by atoms with Gasteiger partial charge in [0.15, 0.2) is 0 Å². The Morgan fingerprint density at radius 3 is 2.94 bits per heavy atom. The number of rotatable bonds is 3. The Morgan fingerprint density at radius 1 is 1.41 bits per heavy atom. The summed E-state index contributed by atoms with van der Waals surface area (Å²) in [5.74, 6) is 0.557. The molecule has 1 aliphatic carbocycles. The zero-order valence-corrected chi connectivity index (χ0v) is 11.0. The highest BCUT2D eigenvalue weighted by Gasteiger charge is 2.18. The molecule has 0 spiro atoms. The van der Waals surface area contributed by atoms with Crippen LogP contribution in [0.15, 0.2) is 16.6 Å². The maximum absolute atomic E-state index is 13.3. The van der Waals surface area contributed by atoms with E-state index in [1.54, 1.807) is 6.07 Å². The monoisotopic (exact) mass is 297 g/mol. The third-order valence-corrected chi connectivity index (χ3v) is 4.14. The highest BCUT2D eigenvalue weighted by Crippen LogP contribution is 2.30. The van der Waals surface area contributed by atoms with Gasteiger partial charge in [0, 0.05) is 12.6 Å². The van der Waals surface area contributed by atoms with Crippen molar-refractivity contribution in [2.45, 2.75) is 32.2 Å². The normalized spacial score (nSPS) is 16.4. The summed E-state index contributed by atoms with van der Waals surface area (Å²) in [5.41, 5.74) is 1.52. The van der Waals surface area contributed by atoms with E-state index >= 15 is 0 Å². The zero-order chi connectivity index (χ0) is 11.8. The second kappa shape index (κ2) is 4.37. The Morgan fingerprint density at radius 2 is 2.24 bits per heavy atom. The van der Waals surface area contributed by atoms with Crippen LogP contribution < -0.4 is 0 Å². The lowest BCUT2D eigenvalue weighted by atomic mass is 9.83. The minimum absolute atomic E-state index is 0.288. The second-order valence-electron chi connectivity index (χ2n) is 4.65. The van der Waals surface area contributed by atoms with Crippen molar-refractivity contribution in [2.75, 3.05) is 0 Å². The quantitative estimate of drug-likeness (QED) is 0.868. The molecule has 17 heavy (non-hydrogen) atoms. The van der Waals surface area contributed by atoms with Crippen LogP contribution in [0.3, 0.4) is 0 Å². The fraction of sp³-hybridized carbons (Fsp3) is 0.500. The predicted octanol–water partition coefficient (Wildman–Crippen LogP) is 3.52. The van der Waals surface area contributed by atoms with Crippen LogP contribution in [-0.4, -0.2) is 15.0 Å². The standard InChI is InChI=1S/C12H13BrFN3/c13-9-6-12-11(7-10(9)14)15-16-17(12)5-4-8-2-1-3-8/h6-8H,1-5H2. The molecule has 5 heteroatoms. The molecule has 1 aromatic heterocycles. The van der Waals surface area contributed by atoms with Crippen molar-refractivity contribution in [3.8, 4) is 0 Å². The largest absolute Gasteiger partial charge is 0.245 e. The third-order valence-electron chi connectivity index (χ3n) is 3.53. The maximum Gasteiger partial charge on any atom is 0.139 e. The van der Waals surface area contributed by atoms with Crippen LogP contribution in [-0.2, 0) is 6.54 Å². The van der Waals surface area contributed by atoms with Gasteiger partial charge >= 0.3 is 0 Å². The first-order chi connectivity index (χ1) is 8.24. The van der Waals surface area contributed by atoms with E-state index in [0.29, 0.717) is 9.99 Å². The van der Waals surface area contributed by atoms with Crippen molar-refractivity contribution in [1.29, 1.82) is 0 Å². The molecule has 0 bridgehead atoms. The zero-order valence-electron chi connectivity index (χ0n) is 9.37. The molecular formula is C12H13BrFN3. The van der Waals surface area contributed by atoms with Gasteiger partial charge in [0.2, 0.25) is 0 Å². The fourth-order valence-electron chi connectivity index (χ4n) is 2.21. The van der Waals surface area contributed by atoms with Gasteiger partial charge in [-0.25, -0.2) is 9.07 Å². The molecule has 1 aliphatic rings. The first-order valence-corrected chi connectivity index (χ1v) is 6.71. The van der Waals surface area contributed by atoms with Gasteiger partial charge in [0.25, 0.3) is 0 Å². The van der Waals surface area contributed by atoms with E-state index in [4.69, 9.17) is 0 Å². The Labute approximate surface area is 107 Å². The number of fused-ring (bicyclic) bond motifs is 1. The second-order valence-corrected chi connectivity index (χ2v) is 5.51. The lowest BCUT2D eigenvalue weighted by Crippen LogP contribution is -2.14. The average molecular weight is 298 g/mol. The van der Waals surface area contributed by atoms with Crippen LogP contribution in [0.5, 0.6) is 0 Å². The number of aryl methyl sites for hydroxylation is 1. The summed E-state index contributed by atoms with van der Waals surface area (Å²) in [4.78, 5) is 0. The van der Waals surface area contributed by atoms with E-state index in [1.165, 1.54) is 25.3 Å². The average Bonchev–Trinajstić information content (AvgIpc) is 2.60. The molecule has 0 radical (unpaired) electrons. The Kier molecular flexibility index (Phi) is 2.86. The van der Waals surface area contributed by atoms with Crippen LogP contribution in [0.25, 0.3) is 11.0 Å². The van der Waals surface area contributed by atoms with Gasteiger partial charge in [0.1, 0.15) is 11.3 Å². The molecule has 3 rings (SSSR count). The van der Waals surface area contributed by atoms with Crippen LogP contribution in [0, 0.1) is 11.7 Å². The lowest BCUT2D eigenvalue weighted by Gasteiger charge is -2.24. The third kappa shape index (κ3) is 2.08. The van der Waals surface area contributed by atoms with E-state index in [-0.39, 0.29) is 5.82 Å². The summed E-state index contributed by atoms with van der Waals surface area (Å²) in [6, 6.07) is 3.18. The summed E-state index contributed by atoms with van der Waals surface area (Å²) in [6.07, 6.45) is 5.18. The van der Waals surface area contributed by atoms with Crippen LogP contribution in [0.4, 0.5) is 4.39 Å². The number of nitrogens with zero attached hydrogens (tertiary/aromatic N) is 3. The molecular weight excluding hydrogens is 285 g/mol. The van der Waals surface area contributed by atoms with E-state index in [1.807, 2.05) is 4.68 Å². The molecule has 0 aliphatic heterocycles. The van der Waals surface area contributed by atoms with Gasteiger partial charge in [-0.3, -0.25) is 0 Å². The predicted molar refractivity (Wildman–Crippen MR) is 67.1 cm³/mol. The first-order valence-electron chi connectivity index (χ1n) is 5.92. The smallest absolute Gasteiger partial charge is 0.139 e. The minimum Gasteiger partial charge on any atom is -0.245 e. The number of benzene rings is 1. The lowest BCUT2D eigenvalue weighted by molar-refractivity contribution is 0.278. The first kappa shape index (κ1) is 11.1. The van der Waals surface area contributed by atoms with Gasteiger partial charge in [-0.2, -0.15) is 0 Å².